The molecule has 6 nitrogen and oxygen atoms in total. The summed E-state index contributed by atoms with van der Waals surface area (Å²) in [4.78, 5) is 27.8. The highest BCUT2D eigenvalue weighted by atomic mass is 16.7. The molecule has 1 saturated heterocycles. The van der Waals surface area contributed by atoms with Crippen molar-refractivity contribution < 1.29 is 18.9 Å². The van der Waals surface area contributed by atoms with Gasteiger partial charge in [0.1, 0.15) is 6.04 Å². The summed E-state index contributed by atoms with van der Waals surface area (Å²) in [5.41, 5.74) is 3.99. The fourth-order valence-corrected chi connectivity index (χ4v) is 8.39. The highest BCUT2D eigenvalue weighted by Crippen LogP contribution is 2.65. The van der Waals surface area contributed by atoms with E-state index in [9.17, 15) is 9.59 Å². The van der Waals surface area contributed by atoms with Crippen LogP contribution in [0.4, 0.5) is 0 Å². The van der Waals surface area contributed by atoms with Crippen molar-refractivity contribution in [1.82, 2.24) is 10.6 Å². The van der Waals surface area contributed by atoms with Gasteiger partial charge >= 0.3 is 7.12 Å². The van der Waals surface area contributed by atoms with Gasteiger partial charge in [0.15, 0.2) is 0 Å². The third-order valence-corrected chi connectivity index (χ3v) is 10.9. The van der Waals surface area contributed by atoms with Gasteiger partial charge in [-0.15, -0.1) is 0 Å². The van der Waals surface area contributed by atoms with Gasteiger partial charge in [0, 0.05) is 12.0 Å². The van der Waals surface area contributed by atoms with E-state index in [4.69, 9.17) is 9.31 Å². The van der Waals surface area contributed by atoms with Crippen molar-refractivity contribution in [2.24, 2.45) is 23.2 Å². The van der Waals surface area contributed by atoms with Crippen LogP contribution in [0.3, 0.4) is 0 Å². The molecule has 5 aliphatic rings. The van der Waals surface area contributed by atoms with Crippen molar-refractivity contribution in [3.05, 3.63) is 70.8 Å². The maximum absolute atomic E-state index is 14.1. The number of rotatable bonds is 9. The lowest BCUT2D eigenvalue weighted by Crippen LogP contribution is -2.65. The van der Waals surface area contributed by atoms with E-state index in [1.54, 1.807) is 0 Å². The molecule has 1 heterocycles. The highest BCUT2D eigenvalue weighted by molar-refractivity contribution is 6.48. The van der Waals surface area contributed by atoms with Crippen molar-refractivity contribution in [3.63, 3.8) is 0 Å². The number of aryl methyl sites for hydroxylation is 1. The van der Waals surface area contributed by atoms with E-state index in [0.29, 0.717) is 29.7 Å². The molecule has 224 valence electrons. The molecule has 4 aliphatic carbocycles. The maximum atomic E-state index is 14.1. The largest absolute Gasteiger partial charge is 0.481 e. The molecule has 2 N–H and O–H groups in total. The SMILES string of the molecule is CC(C)C[C@H](NC(=O)[C@H](Cc1ccccc1)NC(=O)c1cccc2c1CCCC2)B1OC2C[C@@H]3C[C@@H](C3(C)C)[C@]2(C)O1. The fraction of sp³-hybridized carbons (Fsp3) is 0.600. The van der Waals surface area contributed by atoms with Crippen molar-refractivity contribution in [2.75, 3.05) is 0 Å². The van der Waals surface area contributed by atoms with Gasteiger partial charge < -0.3 is 19.9 Å². The van der Waals surface area contributed by atoms with Gasteiger partial charge in [-0.05, 0) is 97.8 Å². The summed E-state index contributed by atoms with van der Waals surface area (Å²) in [6, 6.07) is 15.2. The van der Waals surface area contributed by atoms with Crippen LogP contribution in [0, 0.1) is 23.2 Å². The minimum Gasteiger partial charge on any atom is -0.404 e. The van der Waals surface area contributed by atoms with Crippen molar-refractivity contribution in [3.8, 4) is 0 Å². The lowest BCUT2D eigenvalue weighted by Gasteiger charge is -2.64. The highest BCUT2D eigenvalue weighted by Gasteiger charge is 2.68. The summed E-state index contributed by atoms with van der Waals surface area (Å²) in [5.74, 6) is 0.769. The molecule has 2 amide bonds. The average Bonchev–Trinajstić information content (AvgIpc) is 3.33. The topological polar surface area (TPSA) is 76.7 Å². The molecular weight excluding hydrogens is 523 g/mol. The molecule has 6 atom stereocenters. The summed E-state index contributed by atoms with van der Waals surface area (Å²) in [7, 11) is -0.504. The van der Waals surface area contributed by atoms with E-state index < -0.39 is 13.2 Å². The molecule has 7 rings (SSSR count). The second kappa shape index (κ2) is 11.5. The molecule has 3 saturated carbocycles. The first-order valence-electron chi connectivity index (χ1n) is 16.2. The van der Waals surface area contributed by atoms with Crippen LogP contribution in [0.25, 0.3) is 0 Å². The number of amides is 2. The molecule has 2 bridgehead atoms. The number of benzene rings is 2. The van der Waals surface area contributed by atoms with E-state index in [2.05, 4.69) is 51.3 Å². The Morgan fingerprint density at radius 2 is 1.74 bits per heavy atom. The minimum atomic E-state index is -0.722. The lowest BCUT2D eigenvalue weighted by molar-refractivity contribution is -0.199. The lowest BCUT2D eigenvalue weighted by atomic mass is 9.43. The number of hydrogen-bond donors (Lipinski definition) is 2. The maximum Gasteiger partial charge on any atom is 0.481 e. The second-order valence-electron chi connectivity index (χ2n) is 14.4. The Labute approximate surface area is 251 Å². The molecule has 1 unspecified atom stereocenters. The monoisotopic (exact) mass is 570 g/mol. The fourth-order valence-electron chi connectivity index (χ4n) is 8.39. The van der Waals surface area contributed by atoms with Crippen LogP contribution in [-0.4, -0.2) is 42.6 Å². The third-order valence-electron chi connectivity index (χ3n) is 10.9. The van der Waals surface area contributed by atoms with Crippen LogP contribution >= 0.6 is 0 Å². The normalized spacial score (nSPS) is 28.7. The molecule has 42 heavy (non-hydrogen) atoms. The molecule has 0 radical (unpaired) electrons. The summed E-state index contributed by atoms with van der Waals surface area (Å²) < 4.78 is 13.4. The van der Waals surface area contributed by atoms with Gasteiger partial charge in [0.25, 0.3) is 5.91 Å². The van der Waals surface area contributed by atoms with Crippen LogP contribution in [-0.2, 0) is 33.4 Å². The Kier molecular flexibility index (Phi) is 8.03. The van der Waals surface area contributed by atoms with Crippen LogP contribution in [0.5, 0.6) is 0 Å². The predicted octanol–water partition coefficient (Wildman–Crippen LogP) is 5.70. The summed E-state index contributed by atoms with van der Waals surface area (Å²) in [6.07, 6.45) is 7.52. The van der Waals surface area contributed by atoms with Crippen molar-refractivity contribution in [2.45, 2.75) is 110 Å². The molecule has 1 aliphatic heterocycles. The van der Waals surface area contributed by atoms with Gasteiger partial charge in [-0.25, -0.2) is 0 Å². The Hall–Kier alpha value is -2.64. The van der Waals surface area contributed by atoms with E-state index >= 15 is 0 Å². The van der Waals surface area contributed by atoms with E-state index in [-0.39, 0.29) is 34.9 Å². The van der Waals surface area contributed by atoms with Gasteiger partial charge in [-0.3, -0.25) is 9.59 Å². The zero-order valence-electron chi connectivity index (χ0n) is 26.0. The Morgan fingerprint density at radius 3 is 2.48 bits per heavy atom. The molecule has 4 fully saturated rings. The molecule has 7 heteroatoms. The summed E-state index contributed by atoms with van der Waals surface area (Å²) in [6.45, 7) is 11.2. The van der Waals surface area contributed by atoms with Gasteiger partial charge in [0.05, 0.1) is 17.6 Å². The molecule has 2 aromatic rings. The first kappa shape index (κ1) is 29.4. The van der Waals surface area contributed by atoms with Crippen molar-refractivity contribution in [1.29, 1.82) is 0 Å². The Balaban J connectivity index is 1.22. The number of hydrogen-bond acceptors (Lipinski definition) is 4. The quantitative estimate of drug-likeness (QED) is 0.379. The van der Waals surface area contributed by atoms with Crippen LogP contribution in [0.15, 0.2) is 48.5 Å². The second-order valence-corrected chi connectivity index (χ2v) is 14.4. The number of fused-ring (bicyclic) bond motifs is 1. The zero-order valence-corrected chi connectivity index (χ0v) is 26.0. The number of carbonyl (C=O) groups excluding carboxylic acids is 2. The third kappa shape index (κ3) is 5.43. The summed E-state index contributed by atoms with van der Waals surface area (Å²) >= 11 is 0. The van der Waals surface area contributed by atoms with Crippen molar-refractivity contribution >= 4 is 18.9 Å². The smallest absolute Gasteiger partial charge is 0.404 e. The van der Waals surface area contributed by atoms with Crippen LogP contribution < -0.4 is 10.6 Å². The molecule has 0 spiro atoms. The number of nitrogens with one attached hydrogen (secondary N) is 2. The van der Waals surface area contributed by atoms with Gasteiger partial charge in [-0.1, -0.05) is 70.2 Å². The predicted molar refractivity (Wildman–Crippen MR) is 166 cm³/mol. The standard InChI is InChI=1S/C35H47BN2O4/c1-22(2)18-31(36-41-30-21-25-20-29(34(25,3)4)35(30,5)42-36)38-33(40)28(19-23-12-7-6-8-13-23)37-32(39)27-17-11-15-24-14-9-10-16-26(24)27/h6-8,11-13,15,17,22,25,28-31H,9-10,14,16,18-21H2,1-5H3,(H,37,39)(H,38,40)/t25-,28-,29-,30?,31-,35-/m0/s1. The Morgan fingerprint density at radius 1 is 0.976 bits per heavy atom. The first-order chi connectivity index (χ1) is 20.1. The van der Waals surface area contributed by atoms with E-state index in [0.717, 1.165) is 49.7 Å². The Bertz CT molecular complexity index is 1310. The van der Waals surface area contributed by atoms with Gasteiger partial charge in [-0.2, -0.15) is 0 Å². The first-order valence-corrected chi connectivity index (χ1v) is 16.2. The molecule has 2 aromatic carbocycles. The number of carbonyl (C=O) groups is 2. The molecular formula is C35H47BN2O4. The van der Waals surface area contributed by atoms with Crippen LogP contribution in [0.1, 0.15) is 93.8 Å². The van der Waals surface area contributed by atoms with E-state index in [1.165, 1.54) is 12.0 Å². The minimum absolute atomic E-state index is 0.0508. The average molecular weight is 571 g/mol. The molecule has 0 aromatic heterocycles. The van der Waals surface area contributed by atoms with Gasteiger partial charge in [0.2, 0.25) is 5.91 Å². The zero-order chi connectivity index (χ0) is 29.6. The van der Waals surface area contributed by atoms with E-state index in [1.807, 2.05) is 42.5 Å². The van der Waals surface area contributed by atoms with Crippen LogP contribution in [0.2, 0.25) is 0 Å². The summed E-state index contributed by atoms with van der Waals surface area (Å²) in [5, 5.41) is 6.43.